The molecule has 4 heteroatoms. The molecule has 1 aliphatic rings. The van der Waals surface area contributed by atoms with Gasteiger partial charge < -0.3 is 16.0 Å². The molecule has 104 valence electrons. The van der Waals surface area contributed by atoms with Gasteiger partial charge in [-0.2, -0.15) is 0 Å². The Hall–Kier alpha value is -1.39. The number of amides is 1. The summed E-state index contributed by atoms with van der Waals surface area (Å²) in [5.74, 6) is -0.370. The second-order valence-electron chi connectivity index (χ2n) is 5.14. The van der Waals surface area contributed by atoms with E-state index in [1.807, 2.05) is 12.1 Å². The first kappa shape index (κ1) is 14.0. The van der Waals surface area contributed by atoms with E-state index in [-0.39, 0.29) is 5.91 Å². The highest BCUT2D eigenvalue weighted by Gasteiger charge is 2.09. The summed E-state index contributed by atoms with van der Waals surface area (Å²) in [4.78, 5) is 13.5. The number of nitrogens with zero attached hydrogens (tertiary/aromatic N) is 1. The predicted octanol–water partition coefficient (Wildman–Crippen LogP) is 1.36. The lowest BCUT2D eigenvalue weighted by atomic mass is 10.1. The van der Waals surface area contributed by atoms with E-state index in [1.54, 1.807) is 12.1 Å². The van der Waals surface area contributed by atoms with Crippen molar-refractivity contribution >= 4 is 5.91 Å². The van der Waals surface area contributed by atoms with Crippen molar-refractivity contribution in [3.05, 3.63) is 35.4 Å². The number of carbonyl (C=O) groups excluding carboxylic acids is 1. The molecule has 19 heavy (non-hydrogen) atoms. The lowest BCUT2D eigenvalue weighted by molar-refractivity contribution is 0.100. The van der Waals surface area contributed by atoms with Gasteiger partial charge in [-0.25, -0.2) is 0 Å². The van der Waals surface area contributed by atoms with E-state index >= 15 is 0 Å². The van der Waals surface area contributed by atoms with Crippen LogP contribution in [0, 0.1) is 0 Å². The van der Waals surface area contributed by atoms with Crippen LogP contribution in [0.2, 0.25) is 0 Å². The molecular weight excluding hydrogens is 238 g/mol. The first-order chi connectivity index (χ1) is 9.25. The quantitative estimate of drug-likeness (QED) is 0.729. The van der Waals surface area contributed by atoms with Crippen LogP contribution in [0.15, 0.2) is 24.3 Å². The number of likely N-dealkylation sites (tertiary alicyclic amines) is 1. The molecule has 1 aliphatic heterocycles. The van der Waals surface area contributed by atoms with Gasteiger partial charge in [-0.1, -0.05) is 12.1 Å². The third-order valence-corrected chi connectivity index (χ3v) is 3.59. The fourth-order valence-electron chi connectivity index (χ4n) is 2.45. The summed E-state index contributed by atoms with van der Waals surface area (Å²) in [5, 5.41) is 3.43. The van der Waals surface area contributed by atoms with Crippen LogP contribution in [0.3, 0.4) is 0 Å². The molecule has 4 nitrogen and oxygen atoms in total. The minimum Gasteiger partial charge on any atom is -0.366 e. The Balaban J connectivity index is 1.61. The molecular formula is C15H23N3O. The monoisotopic (exact) mass is 261 g/mol. The van der Waals surface area contributed by atoms with E-state index in [4.69, 9.17) is 5.73 Å². The highest BCUT2D eigenvalue weighted by atomic mass is 16.1. The van der Waals surface area contributed by atoms with Gasteiger partial charge in [0.15, 0.2) is 0 Å². The molecule has 0 spiro atoms. The van der Waals surface area contributed by atoms with Crippen molar-refractivity contribution in [2.75, 3.05) is 26.2 Å². The van der Waals surface area contributed by atoms with Crippen LogP contribution in [-0.4, -0.2) is 37.0 Å². The first-order valence-corrected chi connectivity index (χ1v) is 7.07. The maximum absolute atomic E-state index is 10.9. The van der Waals surface area contributed by atoms with Crippen LogP contribution in [0.5, 0.6) is 0 Å². The van der Waals surface area contributed by atoms with Crippen LogP contribution in [0.4, 0.5) is 0 Å². The number of hydrogen-bond acceptors (Lipinski definition) is 3. The number of nitrogens with two attached hydrogens (primary N) is 1. The molecule has 0 bridgehead atoms. The lowest BCUT2D eigenvalue weighted by Crippen LogP contribution is -2.24. The number of benzene rings is 1. The lowest BCUT2D eigenvalue weighted by Gasteiger charge is -2.14. The van der Waals surface area contributed by atoms with E-state index < -0.39 is 0 Å². The Labute approximate surface area is 115 Å². The van der Waals surface area contributed by atoms with Crippen molar-refractivity contribution in [1.82, 2.24) is 10.2 Å². The van der Waals surface area contributed by atoms with Gasteiger partial charge in [0.25, 0.3) is 0 Å². The van der Waals surface area contributed by atoms with E-state index in [1.165, 1.54) is 44.5 Å². The highest BCUT2D eigenvalue weighted by molar-refractivity contribution is 5.92. The number of nitrogens with one attached hydrogen (secondary N) is 1. The van der Waals surface area contributed by atoms with Crippen molar-refractivity contribution in [3.8, 4) is 0 Å². The molecule has 0 aromatic heterocycles. The van der Waals surface area contributed by atoms with Crippen LogP contribution in [0.25, 0.3) is 0 Å². The SMILES string of the molecule is NC(=O)c1ccc(CNCCCN2CCCC2)cc1. The van der Waals surface area contributed by atoms with Gasteiger partial charge in [0.1, 0.15) is 0 Å². The van der Waals surface area contributed by atoms with Crippen LogP contribution < -0.4 is 11.1 Å². The number of carbonyl (C=O) groups is 1. The second kappa shape index (κ2) is 7.26. The van der Waals surface area contributed by atoms with Gasteiger partial charge in [-0.05, 0) is 63.1 Å². The van der Waals surface area contributed by atoms with Gasteiger partial charge in [0, 0.05) is 12.1 Å². The molecule has 1 fully saturated rings. The number of hydrogen-bond donors (Lipinski definition) is 2. The topological polar surface area (TPSA) is 58.4 Å². The molecule has 3 N–H and O–H groups in total. The highest BCUT2D eigenvalue weighted by Crippen LogP contribution is 2.07. The Kier molecular flexibility index (Phi) is 5.36. The molecule has 0 unspecified atom stereocenters. The third kappa shape index (κ3) is 4.65. The standard InChI is InChI=1S/C15H23N3O/c16-15(19)14-6-4-13(5-7-14)12-17-8-3-11-18-9-1-2-10-18/h4-7,17H,1-3,8-12H2,(H2,16,19). The maximum atomic E-state index is 10.9. The molecule has 1 saturated heterocycles. The van der Waals surface area contributed by atoms with E-state index in [0.29, 0.717) is 5.56 Å². The number of primary amides is 1. The summed E-state index contributed by atoms with van der Waals surface area (Å²) < 4.78 is 0. The summed E-state index contributed by atoms with van der Waals surface area (Å²) >= 11 is 0. The Bertz CT molecular complexity index is 396. The summed E-state index contributed by atoms with van der Waals surface area (Å²) in [7, 11) is 0. The van der Waals surface area contributed by atoms with Gasteiger partial charge in [-0.3, -0.25) is 4.79 Å². The summed E-state index contributed by atoms with van der Waals surface area (Å²) in [6.45, 7) is 5.63. The smallest absolute Gasteiger partial charge is 0.248 e. The van der Waals surface area contributed by atoms with Crippen molar-refractivity contribution < 1.29 is 4.79 Å². The van der Waals surface area contributed by atoms with Crippen LogP contribution in [0.1, 0.15) is 35.2 Å². The molecule has 0 radical (unpaired) electrons. The number of rotatable bonds is 7. The van der Waals surface area contributed by atoms with Crippen molar-refractivity contribution in [2.24, 2.45) is 5.73 Å². The fourth-order valence-corrected chi connectivity index (χ4v) is 2.45. The first-order valence-electron chi connectivity index (χ1n) is 7.07. The van der Waals surface area contributed by atoms with E-state index in [9.17, 15) is 4.79 Å². The van der Waals surface area contributed by atoms with E-state index in [2.05, 4.69) is 10.2 Å². The zero-order valence-corrected chi connectivity index (χ0v) is 11.4. The van der Waals surface area contributed by atoms with Crippen LogP contribution in [-0.2, 0) is 6.54 Å². The predicted molar refractivity (Wildman–Crippen MR) is 77.0 cm³/mol. The second-order valence-corrected chi connectivity index (χ2v) is 5.14. The molecule has 1 amide bonds. The average molecular weight is 261 g/mol. The molecule has 0 atom stereocenters. The largest absolute Gasteiger partial charge is 0.366 e. The van der Waals surface area contributed by atoms with Gasteiger partial charge >= 0.3 is 0 Å². The molecule has 1 aromatic carbocycles. The third-order valence-electron chi connectivity index (χ3n) is 3.59. The van der Waals surface area contributed by atoms with Crippen molar-refractivity contribution in [2.45, 2.75) is 25.8 Å². The maximum Gasteiger partial charge on any atom is 0.248 e. The summed E-state index contributed by atoms with van der Waals surface area (Å²) in [6.07, 6.45) is 3.92. The van der Waals surface area contributed by atoms with Crippen LogP contribution >= 0.6 is 0 Å². The fraction of sp³-hybridized carbons (Fsp3) is 0.533. The molecule has 1 heterocycles. The van der Waals surface area contributed by atoms with Crippen molar-refractivity contribution in [3.63, 3.8) is 0 Å². The van der Waals surface area contributed by atoms with Crippen molar-refractivity contribution in [1.29, 1.82) is 0 Å². The van der Waals surface area contributed by atoms with Gasteiger partial charge in [0.2, 0.25) is 5.91 Å². The Morgan fingerprint density at radius 2 is 1.89 bits per heavy atom. The summed E-state index contributed by atoms with van der Waals surface area (Å²) in [5.41, 5.74) is 6.96. The average Bonchev–Trinajstić information content (AvgIpc) is 2.92. The van der Waals surface area contributed by atoms with Gasteiger partial charge in [-0.15, -0.1) is 0 Å². The minimum absolute atomic E-state index is 0.370. The molecule has 0 saturated carbocycles. The molecule has 0 aliphatic carbocycles. The Morgan fingerprint density at radius 3 is 2.53 bits per heavy atom. The van der Waals surface area contributed by atoms with Gasteiger partial charge in [0.05, 0.1) is 0 Å². The molecule has 2 rings (SSSR count). The molecule has 1 aromatic rings. The zero-order valence-electron chi connectivity index (χ0n) is 11.4. The normalized spacial score (nSPS) is 15.8. The zero-order chi connectivity index (χ0) is 13.5. The Morgan fingerprint density at radius 1 is 1.21 bits per heavy atom. The summed E-state index contributed by atoms with van der Waals surface area (Å²) in [6, 6.07) is 7.47. The minimum atomic E-state index is -0.370. The van der Waals surface area contributed by atoms with E-state index in [0.717, 1.165) is 13.1 Å².